The smallest absolute Gasteiger partial charge is 0.175 e. The van der Waals surface area contributed by atoms with Gasteiger partial charge in [-0.3, -0.25) is 9.67 Å². The van der Waals surface area contributed by atoms with Crippen LogP contribution < -0.4 is 0 Å². The van der Waals surface area contributed by atoms with Crippen molar-refractivity contribution in [3.63, 3.8) is 0 Å². The molecule has 0 amide bonds. The van der Waals surface area contributed by atoms with E-state index in [-0.39, 0.29) is 4.90 Å². The van der Waals surface area contributed by atoms with Gasteiger partial charge in [0.1, 0.15) is 11.3 Å². The van der Waals surface area contributed by atoms with Gasteiger partial charge in [0, 0.05) is 48.5 Å². The Morgan fingerprint density at radius 2 is 1.96 bits per heavy atom. The zero-order chi connectivity index (χ0) is 17.6. The summed E-state index contributed by atoms with van der Waals surface area (Å²) in [7, 11) is -1.43. The van der Waals surface area contributed by atoms with Crippen LogP contribution in [-0.2, 0) is 16.9 Å². The SMILES string of the molecule is Cn1cc(-c2ccnc3cc(-c4cccc(S(C)(=O)=O)c4)oc23)cn1. The molecule has 0 saturated carbocycles. The number of rotatable bonds is 3. The van der Waals surface area contributed by atoms with Crippen LogP contribution in [0.2, 0.25) is 0 Å². The van der Waals surface area contributed by atoms with Crippen LogP contribution in [0.1, 0.15) is 0 Å². The van der Waals surface area contributed by atoms with E-state index in [0.717, 1.165) is 11.1 Å². The quantitative estimate of drug-likeness (QED) is 0.565. The molecule has 6 nitrogen and oxygen atoms in total. The number of aromatic nitrogens is 3. The van der Waals surface area contributed by atoms with Crippen molar-refractivity contribution in [2.75, 3.05) is 6.26 Å². The minimum Gasteiger partial charge on any atom is -0.454 e. The molecule has 4 aromatic rings. The van der Waals surface area contributed by atoms with Gasteiger partial charge in [-0.15, -0.1) is 0 Å². The monoisotopic (exact) mass is 353 g/mol. The molecule has 0 fully saturated rings. The Kier molecular flexibility index (Phi) is 3.47. The van der Waals surface area contributed by atoms with E-state index in [9.17, 15) is 8.42 Å². The summed E-state index contributed by atoms with van der Waals surface area (Å²) in [4.78, 5) is 4.61. The van der Waals surface area contributed by atoms with Gasteiger partial charge >= 0.3 is 0 Å². The first-order valence-corrected chi connectivity index (χ1v) is 9.49. The number of furan rings is 1. The average Bonchev–Trinajstić information content (AvgIpc) is 3.20. The second-order valence-electron chi connectivity index (χ2n) is 5.89. The molecule has 7 heteroatoms. The highest BCUT2D eigenvalue weighted by Gasteiger charge is 2.15. The molecule has 3 aromatic heterocycles. The molecule has 0 aliphatic rings. The second kappa shape index (κ2) is 5.56. The highest BCUT2D eigenvalue weighted by molar-refractivity contribution is 7.90. The Bertz CT molecular complexity index is 1190. The third kappa shape index (κ3) is 2.83. The molecule has 0 atom stereocenters. The summed E-state index contributed by atoms with van der Waals surface area (Å²) in [6, 6.07) is 10.4. The van der Waals surface area contributed by atoms with E-state index in [4.69, 9.17) is 4.42 Å². The summed E-state index contributed by atoms with van der Waals surface area (Å²) < 4.78 is 31.3. The number of aryl methyl sites for hydroxylation is 1. The second-order valence-corrected chi connectivity index (χ2v) is 7.90. The van der Waals surface area contributed by atoms with Crippen LogP contribution in [0.25, 0.3) is 33.6 Å². The maximum Gasteiger partial charge on any atom is 0.175 e. The van der Waals surface area contributed by atoms with Gasteiger partial charge in [-0.1, -0.05) is 12.1 Å². The van der Waals surface area contributed by atoms with E-state index in [1.807, 2.05) is 31.4 Å². The molecule has 0 radical (unpaired) electrons. The maximum absolute atomic E-state index is 11.8. The van der Waals surface area contributed by atoms with Gasteiger partial charge in [0.2, 0.25) is 0 Å². The summed E-state index contributed by atoms with van der Waals surface area (Å²) >= 11 is 0. The van der Waals surface area contributed by atoms with Gasteiger partial charge in [-0.05, 0) is 18.2 Å². The van der Waals surface area contributed by atoms with Crippen LogP contribution in [0.4, 0.5) is 0 Å². The summed E-state index contributed by atoms with van der Waals surface area (Å²) in [5, 5.41) is 4.19. The number of nitrogens with zero attached hydrogens (tertiary/aromatic N) is 3. The van der Waals surface area contributed by atoms with Crippen molar-refractivity contribution in [1.29, 1.82) is 0 Å². The van der Waals surface area contributed by atoms with Gasteiger partial charge in [0.25, 0.3) is 0 Å². The van der Waals surface area contributed by atoms with Crippen molar-refractivity contribution in [3.8, 4) is 22.5 Å². The predicted octanol–water partition coefficient (Wildman–Crippen LogP) is 3.30. The van der Waals surface area contributed by atoms with Crippen LogP contribution >= 0.6 is 0 Å². The number of hydrogen-bond acceptors (Lipinski definition) is 5. The fraction of sp³-hybridized carbons (Fsp3) is 0.111. The lowest BCUT2D eigenvalue weighted by Crippen LogP contribution is -1.96. The average molecular weight is 353 g/mol. The van der Waals surface area contributed by atoms with Crippen LogP contribution in [0.5, 0.6) is 0 Å². The number of sulfone groups is 1. The van der Waals surface area contributed by atoms with Crippen LogP contribution in [0.15, 0.2) is 64.3 Å². The summed E-state index contributed by atoms with van der Waals surface area (Å²) in [5.41, 5.74) is 3.87. The number of pyridine rings is 1. The predicted molar refractivity (Wildman–Crippen MR) is 94.8 cm³/mol. The van der Waals surface area contributed by atoms with Crippen molar-refractivity contribution >= 4 is 20.9 Å². The van der Waals surface area contributed by atoms with E-state index >= 15 is 0 Å². The normalized spacial score (nSPS) is 11.9. The van der Waals surface area contributed by atoms with Gasteiger partial charge in [0.05, 0.1) is 11.1 Å². The molecule has 25 heavy (non-hydrogen) atoms. The first-order valence-electron chi connectivity index (χ1n) is 7.60. The number of hydrogen-bond donors (Lipinski definition) is 0. The topological polar surface area (TPSA) is 78.0 Å². The van der Waals surface area contributed by atoms with Crippen LogP contribution in [0, 0.1) is 0 Å². The Balaban J connectivity index is 1.88. The van der Waals surface area contributed by atoms with Gasteiger partial charge < -0.3 is 4.42 Å². The summed E-state index contributed by atoms with van der Waals surface area (Å²) in [5.74, 6) is 0.573. The Hall–Kier alpha value is -2.93. The highest BCUT2D eigenvalue weighted by Crippen LogP contribution is 2.33. The van der Waals surface area contributed by atoms with E-state index in [1.54, 1.807) is 35.3 Å². The van der Waals surface area contributed by atoms with Gasteiger partial charge in [0.15, 0.2) is 15.4 Å². The van der Waals surface area contributed by atoms with Crippen molar-refractivity contribution < 1.29 is 12.8 Å². The summed E-state index contributed by atoms with van der Waals surface area (Å²) in [6.07, 6.45) is 6.58. The molecule has 3 heterocycles. The maximum atomic E-state index is 11.8. The third-order valence-electron chi connectivity index (χ3n) is 3.97. The number of benzene rings is 1. The molecule has 1 aromatic carbocycles. The summed E-state index contributed by atoms with van der Waals surface area (Å²) in [6.45, 7) is 0. The standard InChI is InChI=1S/C18H15N3O3S/c1-21-11-13(10-20-21)15-6-7-19-16-9-17(24-18(15)16)12-4-3-5-14(8-12)25(2,22)23/h3-11H,1-2H3. The van der Waals surface area contributed by atoms with Crippen molar-refractivity contribution in [3.05, 3.63) is 55.0 Å². The van der Waals surface area contributed by atoms with Crippen LogP contribution in [0.3, 0.4) is 0 Å². The molecule has 0 unspecified atom stereocenters. The van der Waals surface area contributed by atoms with Crippen molar-refractivity contribution in [2.45, 2.75) is 4.90 Å². The zero-order valence-corrected chi connectivity index (χ0v) is 14.5. The van der Waals surface area contributed by atoms with Crippen LogP contribution in [-0.4, -0.2) is 29.4 Å². The minimum atomic E-state index is -3.28. The Morgan fingerprint density at radius 3 is 2.68 bits per heavy atom. The third-order valence-corrected chi connectivity index (χ3v) is 5.08. The van der Waals surface area contributed by atoms with Gasteiger partial charge in [-0.25, -0.2) is 8.42 Å². The molecule has 126 valence electrons. The highest BCUT2D eigenvalue weighted by atomic mass is 32.2. The lowest BCUT2D eigenvalue weighted by molar-refractivity contribution is 0.602. The lowest BCUT2D eigenvalue weighted by atomic mass is 10.1. The molecule has 0 aliphatic carbocycles. The molecule has 0 spiro atoms. The van der Waals surface area contributed by atoms with E-state index in [2.05, 4.69) is 10.1 Å². The van der Waals surface area contributed by atoms with E-state index in [1.165, 1.54) is 6.26 Å². The zero-order valence-electron chi connectivity index (χ0n) is 13.7. The molecule has 0 bridgehead atoms. The van der Waals surface area contributed by atoms with E-state index < -0.39 is 9.84 Å². The first-order chi connectivity index (χ1) is 11.9. The molecule has 4 rings (SSSR count). The number of fused-ring (bicyclic) bond motifs is 1. The lowest BCUT2D eigenvalue weighted by Gasteiger charge is -2.01. The van der Waals surface area contributed by atoms with E-state index in [0.29, 0.717) is 22.4 Å². The first kappa shape index (κ1) is 15.6. The largest absolute Gasteiger partial charge is 0.454 e. The fourth-order valence-electron chi connectivity index (χ4n) is 2.75. The van der Waals surface area contributed by atoms with Gasteiger partial charge in [-0.2, -0.15) is 5.10 Å². The minimum absolute atomic E-state index is 0.255. The molecule has 0 N–H and O–H groups in total. The molecular formula is C18H15N3O3S. The fourth-order valence-corrected chi connectivity index (χ4v) is 3.41. The Labute approximate surface area is 144 Å². The molecule has 0 aliphatic heterocycles. The molecule has 0 saturated heterocycles. The molecular weight excluding hydrogens is 338 g/mol. The van der Waals surface area contributed by atoms with Crippen molar-refractivity contribution in [2.24, 2.45) is 7.05 Å². The Morgan fingerprint density at radius 1 is 1.12 bits per heavy atom. The van der Waals surface area contributed by atoms with Crippen molar-refractivity contribution in [1.82, 2.24) is 14.8 Å².